The van der Waals surface area contributed by atoms with E-state index in [0.29, 0.717) is 12.3 Å². The fraction of sp³-hybridized carbons (Fsp3) is 0.708. The number of carbonyl (C=O) groups is 1. The standard InChI is InChI=1S/C24H39N3O2/c1-8-17(3)29-22-15-19(12-13-25-22)20(9-2)26-18(4)21-11-10-14-27(21)23(28)16-24(5,6)7/h12-13,15,17-18,21H,8-11,14,16H2,1-7H3/b26-20+. The average Bonchev–Trinajstić information content (AvgIpc) is 3.15. The van der Waals surface area contributed by atoms with Crippen molar-refractivity contribution in [1.82, 2.24) is 9.88 Å². The second kappa shape index (κ2) is 10.2. The summed E-state index contributed by atoms with van der Waals surface area (Å²) in [7, 11) is 0. The monoisotopic (exact) mass is 401 g/mol. The number of pyridine rings is 1. The predicted molar refractivity (Wildman–Crippen MR) is 120 cm³/mol. The van der Waals surface area contributed by atoms with Gasteiger partial charge in [-0.1, -0.05) is 34.6 Å². The van der Waals surface area contributed by atoms with Crippen molar-refractivity contribution in [3.8, 4) is 5.88 Å². The predicted octanol–water partition coefficient (Wildman–Crippen LogP) is 5.27. The van der Waals surface area contributed by atoms with E-state index in [4.69, 9.17) is 9.73 Å². The molecule has 0 spiro atoms. The van der Waals surface area contributed by atoms with Crippen molar-refractivity contribution in [2.75, 3.05) is 6.54 Å². The van der Waals surface area contributed by atoms with E-state index in [-0.39, 0.29) is 29.5 Å². The van der Waals surface area contributed by atoms with Gasteiger partial charge in [0.15, 0.2) is 0 Å². The zero-order valence-electron chi connectivity index (χ0n) is 19.4. The van der Waals surface area contributed by atoms with Gasteiger partial charge in [0.2, 0.25) is 11.8 Å². The van der Waals surface area contributed by atoms with Gasteiger partial charge < -0.3 is 9.64 Å². The first-order chi connectivity index (χ1) is 13.6. The molecule has 1 saturated heterocycles. The van der Waals surface area contributed by atoms with E-state index < -0.39 is 0 Å². The molecule has 0 bridgehead atoms. The molecule has 3 unspecified atom stereocenters. The minimum Gasteiger partial charge on any atom is -0.475 e. The van der Waals surface area contributed by atoms with Crippen LogP contribution in [0.1, 0.15) is 86.1 Å². The van der Waals surface area contributed by atoms with Gasteiger partial charge in [0.05, 0.1) is 18.2 Å². The van der Waals surface area contributed by atoms with Crippen molar-refractivity contribution in [2.45, 2.75) is 98.8 Å². The lowest BCUT2D eigenvalue weighted by molar-refractivity contribution is -0.134. The number of nitrogens with zero attached hydrogens (tertiary/aromatic N) is 3. The summed E-state index contributed by atoms with van der Waals surface area (Å²) < 4.78 is 5.88. The third kappa shape index (κ3) is 6.83. The number of aromatic nitrogens is 1. The van der Waals surface area contributed by atoms with E-state index in [0.717, 1.165) is 43.5 Å². The first kappa shape index (κ1) is 23.4. The highest BCUT2D eigenvalue weighted by Gasteiger charge is 2.34. The van der Waals surface area contributed by atoms with Crippen LogP contribution >= 0.6 is 0 Å². The van der Waals surface area contributed by atoms with Gasteiger partial charge in [-0.2, -0.15) is 0 Å². The fourth-order valence-electron chi connectivity index (χ4n) is 3.80. The lowest BCUT2D eigenvalue weighted by Crippen LogP contribution is -2.42. The summed E-state index contributed by atoms with van der Waals surface area (Å²) in [5.74, 6) is 0.904. The summed E-state index contributed by atoms with van der Waals surface area (Å²) in [6.07, 6.45) is 6.37. The third-order valence-electron chi connectivity index (χ3n) is 5.52. The van der Waals surface area contributed by atoms with Gasteiger partial charge in [0, 0.05) is 36.5 Å². The van der Waals surface area contributed by atoms with Crippen LogP contribution in [0, 0.1) is 5.41 Å². The number of hydrogen-bond donors (Lipinski definition) is 0. The molecule has 1 aromatic heterocycles. The molecule has 1 amide bonds. The van der Waals surface area contributed by atoms with Gasteiger partial charge in [-0.05, 0) is 51.0 Å². The maximum Gasteiger partial charge on any atom is 0.223 e. The van der Waals surface area contributed by atoms with Crippen LogP contribution in [0.2, 0.25) is 0 Å². The molecule has 1 aromatic rings. The van der Waals surface area contributed by atoms with E-state index in [2.05, 4.69) is 58.4 Å². The van der Waals surface area contributed by atoms with Gasteiger partial charge in [0.25, 0.3) is 0 Å². The van der Waals surface area contributed by atoms with Crippen molar-refractivity contribution >= 4 is 11.6 Å². The summed E-state index contributed by atoms with van der Waals surface area (Å²) >= 11 is 0. The Morgan fingerprint density at radius 3 is 2.69 bits per heavy atom. The van der Waals surface area contributed by atoms with E-state index in [1.165, 1.54) is 0 Å². The maximum absolute atomic E-state index is 12.8. The quantitative estimate of drug-likeness (QED) is 0.557. The van der Waals surface area contributed by atoms with Gasteiger partial charge in [0.1, 0.15) is 0 Å². The Labute approximate surface area is 177 Å². The SMILES string of the molecule is CC/C(=N\C(C)C1CCCN1C(=O)CC(C)(C)C)c1ccnc(OC(C)CC)c1. The molecule has 0 aromatic carbocycles. The molecule has 1 fully saturated rings. The van der Waals surface area contributed by atoms with Crippen LogP contribution in [-0.4, -0.2) is 46.2 Å². The summed E-state index contributed by atoms with van der Waals surface area (Å²) in [6.45, 7) is 15.6. The second-order valence-electron chi connectivity index (χ2n) is 9.42. The Morgan fingerprint density at radius 1 is 1.34 bits per heavy atom. The number of amides is 1. The van der Waals surface area contributed by atoms with Gasteiger partial charge in [-0.3, -0.25) is 9.79 Å². The second-order valence-corrected chi connectivity index (χ2v) is 9.42. The lowest BCUT2D eigenvalue weighted by atomic mass is 9.91. The summed E-state index contributed by atoms with van der Waals surface area (Å²) in [5.41, 5.74) is 2.11. The highest BCUT2D eigenvalue weighted by Crippen LogP contribution is 2.27. The van der Waals surface area contributed by atoms with Crippen molar-refractivity contribution in [3.63, 3.8) is 0 Å². The summed E-state index contributed by atoms with van der Waals surface area (Å²) in [4.78, 5) is 24.3. The molecule has 1 aliphatic heterocycles. The molecular weight excluding hydrogens is 362 g/mol. The van der Waals surface area contributed by atoms with Crippen molar-refractivity contribution in [3.05, 3.63) is 23.9 Å². The Bertz CT molecular complexity index is 708. The van der Waals surface area contributed by atoms with E-state index in [1.54, 1.807) is 6.20 Å². The Morgan fingerprint density at radius 2 is 2.07 bits per heavy atom. The number of likely N-dealkylation sites (tertiary alicyclic amines) is 1. The molecule has 1 aliphatic rings. The third-order valence-corrected chi connectivity index (χ3v) is 5.52. The maximum atomic E-state index is 12.8. The number of aliphatic imine (C=N–C) groups is 1. The molecule has 3 atom stereocenters. The summed E-state index contributed by atoms with van der Waals surface area (Å²) in [5, 5.41) is 0. The van der Waals surface area contributed by atoms with Crippen molar-refractivity contribution in [1.29, 1.82) is 0 Å². The smallest absolute Gasteiger partial charge is 0.223 e. The Balaban J connectivity index is 2.17. The first-order valence-corrected chi connectivity index (χ1v) is 11.1. The van der Waals surface area contributed by atoms with Gasteiger partial charge >= 0.3 is 0 Å². The number of ether oxygens (including phenoxy) is 1. The number of carbonyl (C=O) groups excluding carboxylic acids is 1. The Hall–Kier alpha value is -1.91. The molecule has 5 heteroatoms. The average molecular weight is 402 g/mol. The molecule has 2 heterocycles. The molecule has 0 aliphatic carbocycles. The van der Waals surface area contributed by atoms with Gasteiger partial charge in [-0.25, -0.2) is 4.98 Å². The number of hydrogen-bond acceptors (Lipinski definition) is 4. The molecule has 0 radical (unpaired) electrons. The zero-order valence-corrected chi connectivity index (χ0v) is 19.4. The van der Waals surface area contributed by atoms with Crippen LogP contribution in [0.25, 0.3) is 0 Å². The minimum atomic E-state index is 0.00831. The fourth-order valence-corrected chi connectivity index (χ4v) is 3.80. The highest BCUT2D eigenvalue weighted by atomic mass is 16.5. The Kier molecular flexibility index (Phi) is 8.23. The van der Waals surface area contributed by atoms with E-state index in [9.17, 15) is 4.79 Å². The molecule has 2 rings (SSSR count). The van der Waals surface area contributed by atoms with Crippen LogP contribution in [0.15, 0.2) is 23.3 Å². The van der Waals surface area contributed by atoms with Crippen molar-refractivity contribution in [2.24, 2.45) is 10.4 Å². The van der Waals surface area contributed by atoms with Crippen LogP contribution in [-0.2, 0) is 4.79 Å². The van der Waals surface area contributed by atoms with E-state index >= 15 is 0 Å². The molecule has 0 N–H and O–H groups in total. The number of rotatable bonds is 8. The lowest BCUT2D eigenvalue weighted by Gasteiger charge is -2.30. The largest absolute Gasteiger partial charge is 0.475 e. The van der Waals surface area contributed by atoms with Crippen LogP contribution < -0.4 is 4.74 Å². The minimum absolute atomic E-state index is 0.00831. The van der Waals surface area contributed by atoms with Crippen LogP contribution in [0.5, 0.6) is 5.88 Å². The normalized spacial score (nSPS) is 19.9. The zero-order chi connectivity index (χ0) is 21.6. The van der Waals surface area contributed by atoms with Crippen LogP contribution in [0.3, 0.4) is 0 Å². The molecule has 29 heavy (non-hydrogen) atoms. The molecule has 162 valence electrons. The summed E-state index contributed by atoms with van der Waals surface area (Å²) in [6, 6.07) is 4.24. The molecule has 5 nitrogen and oxygen atoms in total. The first-order valence-electron chi connectivity index (χ1n) is 11.1. The van der Waals surface area contributed by atoms with Crippen molar-refractivity contribution < 1.29 is 9.53 Å². The van der Waals surface area contributed by atoms with E-state index in [1.807, 2.05) is 12.1 Å². The highest BCUT2D eigenvalue weighted by molar-refractivity contribution is 6.00. The molecular formula is C24H39N3O2. The van der Waals surface area contributed by atoms with Gasteiger partial charge in [-0.15, -0.1) is 0 Å². The topological polar surface area (TPSA) is 54.8 Å². The molecule has 0 saturated carbocycles. The van der Waals surface area contributed by atoms with Crippen LogP contribution in [0.4, 0.5) is 0 Å².